The number of para-hydroxylation sites is 3. The lowest BCUT2D eigenvalue weighted by atomic mass is 9.96. The molecule has 0 spiro atoms. The fourth-order valence-electron chi connectivity index (χ4n) is 5.24. The van der Waals surface area contributed by atoms with Gasteiger partial charge in [0.05, 0.1) is 12.1 Å². The smallest absolute Gasteiger partial charge is 0.272 e. The molecule has 2 aliphatic heterocycles. The third-order valence-corrected chi connectivity index (χ3v) is 7.49. The number of benzene rings is 3. The minimum Gasteiger partial charge on any atom is -0.455 e. The third-order valence-electron chi connectivity index (χ3n) is 7.49. The zero-order valence-electron chi connectivity index (χ0n) is 22.8. The average Bonchev–Trinajstić information content (AvgIpc) is 2.98. The number of hydrogen-bond donors (Lipinski definition) is 2. The number of hydrogen-bond acceptors (Lipinski definition) is 5. The minimum absolute atomic E-state index is 0.0830. The summed E-state index contributed by atoms with van der Waals surface area (Å²) in [5, 5.41) is 5.76. The second-order valence-electron chi connectivity index (χ2n) is 10.4. The number of aryl methyl sites for hydroxylation is 2. The van der Waals surface area contributed by atoms with Gasteiger partial charge in [-0.05, 0) is 71.8 Å². The van der Waals surface area contributed by atoms with Gasteiger partial charge in [0.2, 0.25) is 11.8 Å². The normalized spacial score (nSPS) is 14.0. The van der Waals surface area contributed by atoms with E-state index in [2.05, 4.69) is 15.6 Å². The number of carbonyl (C=O) groups is 3. The number of amides is 3. The van der Waals surface area contributed by atoms with Crippen LogP contribution >= 0.6 is 0 Å². The molecule has 8 nitrogen and oxygen atoms in total. The number of anilines is 2. The number of nitrogens with one attached hydrogen (secondary N) is 2. The lowest BCUT2D eigenvalue weighted by molar-refractivity contribution is -0.116. The molecule has 0 aliphatic carbocycles. The van der Waals surface area contributed by atoms with Gasteiger partial charge in [-0.1, -0.05) is 54.6 Å². The number of nitrogens with zero attached hydrogens (tertiary/aromatic N) is 2. The van der Waals surface area contributed by atoms with Gasteiger partial charge in [0.15, 0.2) is 5.75 Å². The first-order valence-corrected chi connectivity index (χ1v) is 13.7. The van der Waals surface area contributed by atoms with Crippen molar-refractivity contribution in [1.82, 2.24) is 9.88 Å². The number of aromatic nitrogens is 1. The molecule has 3 aromatic carbocycles. The molecule has 6 rings (SSSR count). The molecule has 0 radical (unpaired) electrons. The third kappa shape index (κ3) is 5.82. The Bertz CT molecular complexity index is 1670. The van der Waals surface area contributed by atoms with Crippen LogP contribution in [0.1, 0.15) is 44.7 Å². The first kappa shape index (κ1) is 26.3. The van der Waals surface area contributed by atoms with Gasteiger partial charge in [0.25, 0.3) is 5.91 Å². The summed E-state index contributed by atoms with van der Waals surface area (Å²) >= 11 is 0. The van der Waals surface area contributed by atoms with Crippen molar-refractivity contribution in [2.75, 3.05) is 17.2 Å². The molecule has 1 aromatic heterocycles. The van der Waals surface area contributed by atoms with E-state index in [1.54, 1.807) is 11.0 Å². The van der Waals surface area contributed by atoms with Gasteiger partial charge in [0, 0.05) is 19.5 Å². The Labute approximate surface area is 238 Å². The van der Waals surface area contributed by atoms with Crippen LogP contribution in [0.2, 0.25) is 0 Å². The van der Waals surface area contributed by atoms with Crippen molar-refractivity contribution in [1.29, 1.82) is 0 Å². The van der Waals surface area contributed by atoms with Gasteiger partial charge in [-0.2, -0.15) is 0 Å². The predicted molar refractivity (Wildman–Crippen MR) is 156 cm³/mol. The number of rotatable bonds is 6. The molecule has 3 amide bonds. The Morgan fingerprint density at radius 1 is 0.902 bits per heavy atom. The lowest BCUT2D eigenvalue weighted by Gasteiger charge is -2.29. The maximum atomic E-state index is 13.3. The van der Waals surface area contributed by atoms with E-state index in [1.165, 1.54) is 5.56 Å². The molecule has 0 bridgehead atoms. The van der Waals surface area contributed by atoms with Gasteiger partial charge >= 0.3 is 0 Å². The van der Waals surface area contributed by atoms with E-state index in [4.69, 9.17) is 4.74 Å². The molecule has 0 atom stereocenters. The molecule has 8 heteroatoms. The summed E-state index contributed by atoms with van der Waals surface area (Å²) in [6.45, 7) is 2.99. The second kappa shape index (κ2) is 11.3. The Morgan fingerprint density at radius 3 is 2.54 bits per heavy atom. The molecule has 0 unspecified atom stereocenters. The van der Waals surface area contributed by atoms with E-state index in [9.17, 15) is 14.4 Å². The van der Waals surface area contributed by atoms with Crippen molar-refractivity contribution in [3.05, 3.63) is 112 Å². The van der Waals surface area contributed by atoms with Crippen molar-refractivity contribution < 1.29 is 19.1 Å². The van der Waals surface area contributed by atoms with E-state index < -0.39 is 0 Å². The van der Waals surface area contributed by atoms with Crippen molar-refractivity contribution >= 4 is 29.2 Å². The second-order valence-corrected chi connectivity index (χ2v) is 10.4. The number of pyridine rings is 1. The Morgan fingerprint density at radius 2 is 1.68 bits per heavy atom. The zero-order chi connectivity index (χ0) is 28.3. The summed E-state index contributed by atoms with van der Waals surface area (Å²) in [7, 11) is 0. The summed E-state index contributed by atoms with van der Waals surface area (Å²) < 4.78 is 6.09. The average molecular weight is 547 g/mol. The first-order chi connectivity index (χ1) is 19.9. The summed E-state index contributed by atoms with van der Waals surface area (Å²) in [6.07, 6.45) is 1.96. The molecule has 2 aliphatic rings. The molecule has 2 N–H and O–H groups in total. The maximum Gasteiger partial charge on any atom is 0.272 e. The molecule has 0 saturated carbocycles. The molecule has 41 heavy (non-hydrogen) atoms. The Kier molecular flexibility index (Phi) is 7.20. The highest BCUT2D eigenvalue weighted by Gasteiger charge is 2.25. The molecular formula is C33H30N4O4. The lowest BCUT2D eigenvalue weighted by Crippen LogP contribution is -2.36. The SMILES string of the molecule is Cc1ccccc1Oc1ccccc1NC(=O)Cc1ccc2c(c1)CN(C(=O)c1ccc3c(n1)NC(=O)CC3)CC2. The van der Waals surface area contributed by atoms with Crippen LogP contribution in [0.15, 0.2) is 78.9 Å². The summed E-state index contributed by atoms with van der Waals surface area (Å²) in [5.41, 5.74) is 5.91. The van der Waals surface area contributed by atoms with E-state index >= 15 is 0 Å². The molecule has 0 fully saturated rings. The minimum atomic E-state index is -0.174. The largest absolute Gasteiger partial charge is 0.455 e. The van der Waals surface area contributed by atoms with Gasteiger partial charge < -0.3 is 20.3 Å². The standard InChI is InChI=1S/C33H30N4O4/c1-21-6-2-4-8-28(21)41-29-9-5-3-7-26(29)34-31(39)19-22-10-11-23-16-17-37(20-25(23)18-22)33(40)27-14-12-24-13-15-30(38)36-32(24)35-27/h2-12,14,18H,13,15-17,19-20H2,1H3,(H,34,39)(H,35,36,38). The van der Waals surface area contributed by atoms with Gasteiger partial charge in [-0.15, -0.1) is 0 Å². The monoisotopic (exact) mass is 546 g/mol. The van der Waals surface area contributed by atoms with E-state index in [-0.39, 0.29) is 24.1 Å². The summed E-state index contributed by atoms with van der Waals surface area (Å²) in [5.74, 6) is 1.37. The van der Waals surface area contributed by atoms with Gasteiger partial charge in [-0.3, -0.25) is 14.4 Å². The molecule has 4 aromatic rings. The van der Waals surface area contributed by atoms with Crippen LogP contribution in [-0.4, -0.2) is 34.2 Å². The van der Waals surface area contributed by atoms with Crippen LogP contribution in [0.4, 0.5) is 11.5 Å². The van der Waals surface area contributed by atoms with Crippen LogP contribution < -0.4 is 15.4 Å². The van der Waals surface area contributed by atoms with Crippen LogP contribution in [0.3, 0.4) is 0 Å². The quantitative estimate of drug-likeness (QED) is 0.335. The highest BCUT2D eigenvalue weighted by molar-refractivity contribution is 5.96. The van der Waals surface area contributed by atoms with Crippen LogP contribution in [0, 0.1) is 6.92 Å². The van der Waals surface area contributed by atoms with E-state index in [0.717, 1.165) is 34.4 Å². The first-order valence-electron chi connectivity index (χ1n) is 13.7. The highest BCUT2D eigenvalue weighted by Crippen LogP contribution is 2.31. The predicted octanol–water partition coefficient (Wildman–Crippen LogP) is 5.45. The van der Waals surface area contributed by atoms with Crippen molar-refractivity contribution in [2.24, 2.45) is 0 Å². The number of ether oxygens (including phenoxy) is 1. The fraction of sp³-hybridized carbons (Fsp3) is 0.212. The van der Waals surface area contributed by atoms with Crippen LogP contribution in [0.5, 0.6) is 11.5 Å². The topological polar surface area (TPSA) is 101 Å². The van der Waals surface area contributed by atoms with Gasteiger partial charge in [0.1, 0.15) is 17.3 Å². The molecule has 3 heterocycles. The number of carbonyl (C=O) groups excluding carboxylic acids is 3. The van der Waals surface area contributed by atoms with Crippen LogP contribution in [-0.2, 0) is 35.4 Å². The van der Waals surface area contributed by atoms with Crippen molar-refractivity contribution in [3.8, 4) is 11.5 Å². The fourth-order valence-corrected chi connectivity index (χ4v) is 5.24. The van der Waals surface area contributed by atoms with Crippen molar-refractivity contribution in [2.45, 2.75) is 39.2 Å². The summed E-state index contributed by atoms with van der Waals surface area (Å²) in [4.78, 5) is 44.3. The van der Waals surface area contributed by atoms with Crippen LogP contribution in [0.25, 0.3) is 0 Å². The Balaban J connectivity index is 1.13. The molecule has 0 saturated heterocycles. The number of fused-ring (bicyclic) bond motifs is 2. The maximum absolute atomic E-state index is 13.3. The van der Waals surface area contributed by atoms with E-state index in [1.807, 2.05) is 79.7 Å². The zero-order valence-corrected chi connectivity index (χ0v) is 22.8. The summed E-state index contributed by atoms with van der Waals surface area (Å²) in [6, 6.07) is 24.7. The highest BCUT2D eigenvalue weighted by atomic mass is 16.5. The van der Waals surface area contributed by atoms with Crippen molar-refractivity contribution in [3.63, 3.8) is 0 Å². The molecule has 206 valence electrons. The molecular weight excluding hydrogens is 516 g/mol. The van der Waals surface area contributed by atoms with E-state index in [0.29, 0.717) is 48.9 Å². The van der Waals surface area contributed by atoms with Gasteiger partial charge in [-0.25, -0.2) is 4.98 Å². The Hall–Kier alpha value is -4.98.